The second kappa shape index (κ2) is 32.3. The first kappa shape index (κ1) is 44.0. The second-order valence-electron chi connectivity index (χ2n) is 12.2. The van der Waals surface area contributed by atoms with Crippen molar-refractivity contribution in [1.82, 2.24) is 0 Å². The Morgan fingerprint density at radius 1 is 0.455 bits per heavy atom. The van der Waals surface area contributed by atoms with Crippen LogP contribution in [0, 0.1) is 5.41 Å². The third-order valence-electron chi connectivity index (χ3n) is 8.05. The largest absolute Gasteiger partial charge is 0.481 e. The lowest BCUT2D eigenvalue weighted by atomic mass is 9.74. The van der Waals surface area contributed by atoms with Crippen LogP contribution in [0.2, 0.25) is 0 Å². The van der Waals surface area contributed by atoms with Gasteiger partial charge in [-0.2, -0.15) is 0 Å². The molecular weight excluding hydrogens is 560 g/mol. The number of rotatable bonds is 30. The monoisotopic (exact) mass is 628 g/mol. The van der Waals surface area contributed by atoms with Crippen molar-refractivity contribution in [3.8, 4) is 0 Å². The molecule has 260 valence electrons. The highest BCUT2D eigenvalue weighted by Crippen LogP contribution is 2.37. The van der Waals surface area contributed by atoms with Crippen LogP contribution in [-0.2, 0) is 28.7 Å². The van der Waals surface area contributed by atoms with E-state index in [1.807, 2.05) is 0 Å². The Balaban J connectivity index is 0. The molecule has 0 amide bonds. The van der Waals surface area contributed by atoms with Crippen molar-refractivity contribution in [2.45, 2.75) is 188 Å². The molecule has 8 heteroatoms. The SMILES string of the molecule is CCCCCCC(CCCCCC)(CCCC(=O)O)C(=O)O.CCCCCCOC(=O)CCCCC(=O)OCCCCCC. The molecule has 44 heavy (non-hydrogen) atoms. The van der Waals surface area contributed by atoms with Crippen LogP contribution in [0.5, 0.6) is 0 Å². The van der Waals surface area contributed by atoms with E-state index in [0.29, 0.717) is 64.6 Å². The maximum absolute atomic E-state index is 11.9. The molecule has 0 saturated carbocycles. The molecule has 0 saturated heterocycles. The molecule has 0 rings (SSSR count). The molecule has 0 aromatic rings. The summed E-state index contributed by atoms with van der Waals surface area (Å²) in [5.74, 6) is -1.86. The minimum Gasteiger partial charge on any atom is -0.481 e. The van der Waals surface area contributed by atoms with E-state index in [9.17, 15) is 24.3 Å². The topological polar surface area (TPSA) is 127 Å². The number of aliphatic carboxylic acids is 2. The average molecular weight is 629 g/mol. The van der Waals surface area contributed by atoms with E-state index in [4.69, 9.17) is 14.6 Å². The molecule has 0 aliphatic rings. The Labute approximate surface area is 269 Å². The highest BCUT2D eigenvalue weighted by atomic mass is 16.5. The fourth-order valence-electron chi connectivity index (χ4n) is 5.17. The van der Waals surface area contributed by atoms with E-state index >= 15 is 0 Å². The maximum atomic E-state index is 11.9. The standard InChI is InChI=1S/2C18H34O4/c1-3-5-7-11-15-21-17(19)13-9-10-14-18(20)22-16-12-8-6-4-2;1-3-5-7-9-13-18(17(21)22,14-10-8-6-4-2)15-11-12-16(19)20/h3-16H2,1-2H3;3-15H2,1-2H3,(H,19,20)(H,21,22). The zero-order valence-corrected chi connectivity index (χ0v) is 28.9. The first-order valence-corrected chi connectivity index (χ1v) is 17.9. The number of ether oxygens (including phenoxy) is 2. The summed E-state index contributed by atoms with van der Waals surface area (Å²) in [4.78, 5) is 45.5. The molecule has 2 N–H and O–H groups in total. The van der Waals surface area contributed by atoms with Crippen LogP contribution in [-0.4, -0.2) is 47.3 Å². The van der Waals surface area contributed by atoms with Crippen molar-refractivity contribution in [1.29, 1.82) is 0 Å². The molecule has 0 radical (unpaired) electrons. The second-order valence-corrected chi connectivity index (χ2v) is 12.2. The molecule has 0 aliphatic carbocycles. The lowest BCUT2D eigenvalue weighted by Crippen LogP contribution is -2.31. The quantitative estimate of drug-likeness (QED) is 0.0594. The van der Waals surface area contributed by atoms with E-state index in [0.717, 1.165) is 77.0 Å². The van der Waals surface area contributed by atoms with Crippen LogP contribution in [0.4, 0.5) is 0 Å². The summed E-state index contributed by atoms with van der Waals surface area (Å²) in [5, 5.41) is 18.5. The number of carboxylic acid groups (broad SMARTS) is 2. The first-order valence-electron chi connectivity index (χ1n) is 17.9. The van der Waals surface area contributed by atoms with Crippen LogP contribution in [0.25, 0.3) is 0 Å². The van der Waals surface area contributed by atoms with Crippen LogP contribution >= 0.6 is 0 Å². The van der Waals surface area contributed by atoms with Gasteiger partial charge >= 0.3 is 23.9 Å². The predicted octanol–water partition coefficient (Wildman–Crippen LogP) is 10.0. The van der Waals surface area contributed by atoms with Crippen molar-refractivity contribution >= 4 is 23.9 Å². The van der Waals surface area contributed by atoms with Crippen LogP contribution in [0.15, 0.2) is 0 Å². The van der Waals surface area contributed by atoms with Crippen molar-refractivity contribution in [2.75, 3.05) is 13.2 Å². The third kappa shape index (κ3) is 28.6. The van der Waals surface area contributed by atoms with Gasteiger partial charge in [-0.15, -0.1) is 0 Å². The zero-order valence-electron chi connectivity index (χ0n) is 28.9. The van der Waals surface area contributed by atoms with Crippen LogP contribution < -0.4 is 0 Å². The summed E-state index contributed by atoms with van der Waals surface area (Å²) in [5.41, 5.74) is -0.711. The third-order valence-corrected chi connectivity index (χ3v) is 8.05. The van der Waals surface area contributed by atoms with Gasteiger partial charge in [-0.3, -0.25) is 19.2 Å². The molecule has 8 nitrogen and oxygen atoms in total. The van der Waals surface area contributed by atoms with Gasteiger partial charge in [-0.05, 0) is 51.4 Å². The zero-order chi connectivity index (χ0) is 33.3. The molecule has 0 unspecified atom stereocenters. The Bertz CT molecular complexity index is 666. The summed E-state index contributed by atoms with van der Waals surface area (Å²) >= 11 is 0. The lowest BCUT2D eigenvalue weighted by molar-refractivity contribution is -0.151. The summed E-state index contributed by atoms with van der Waals surface area (Å²) in [6, 6.07) is 0. The smallest absolute Gasteiger partial charge is 0.309 e. The molecule has 0 aromatic carbocycles. The molecular formula is C36H68O8. The lowest BCUT2D eigenvalue weighted by Gasteiger charge is -2.30. The van der Waals surface area contributed by atoms with Crippen LogP contribution in [0.3, 0.4) is 0 Å². The fraction of sp³-hybridized carbons (Fsp3) is 0.889. The Morgan fingerprint density at radius 3 is 1.16 bits per heavy atom. The van der Waals surface area contributed by atoms with Crippen molar-refractivity contribution in [3.05, 3.63) is 0 Å². The maximum Gasteiger partial charge on any atom is 0.309 e. The molecule has 0 spiro atoms. The van der Waals surface area contributed by atoms with Gasteiger partial charge in [-0.1, -0.05) is 118 Å². The van der Waals surface area contributed by atoms with E-state index in [1.165, 1.54) is 25.7 Å². The molecule has 0 bridgehead atoms. The van der Waals surface area contributed by atoms with Crippen molar-refractivity contribution in [2.24, 2.45) is 5.41 Å². The number of esters is 2. The van der Waals surface area contributed by atoms with E-state index in [-0.39, 0.29) is 18.4 Å². The van der Waals surface area contributed by atoms with Crippen molar-refractivity contribution < 1.29 is 38.9 Å². The summed E-state index contributed by atoms with van der Waals surface area (Å²) in [6.07, 6.45) is 22.0. The van der Waals surface area contributed by atoms with Gasteiger partial charge in [0.1, 0.15) is 0 Å². The first-order chi connectivity index (χ1) is 21.2. The number of carbonyl (C=O) groups excluding carboxylic acids is 2. The minimum absolute atomic E-state index is 0.0684. The Morgan fingerprint density at radius 2 is 0.818 bits per heavy atom. The van der Waals surface area contributed by atoms with Gasteiger partial charge in [0, 0.05) is 19.3 Å². The minimum atomic E-state index is -0.837. The number of hydrogen-bond acceptors (Lipinski definition) is 6. The number of unbranched alkanes of at least 4 members (excludes halogenated alkanes) is 13. The normalized spacial score (nSPS) is 11.0. The van der Waals surface area contributed by atoms with Gasteiger partial charge < -0.3 is 19.7 Å². The van der Waals surface area contributed by atoms with Gasteiger partial charge in [0.05, 0.1) is 18.6 Å². The molecule has 0 aliphatic heterocycles. The highest BCUT2D eigenvalue weighted by molar-refractivity contribution is 5.74. The predicted molar refractivity (Wildman–Crippen MR) is 178 cm³/mol. The van der Waals surface area contributed by atoms with Gasteiger partial charge in [-0.25, -0.2) is 0 Å². The summed E-state index contributed by atoms with van der Waals surface area (Å²) < 4.78 is 10.3. The highest BCUT2D eigenvalue weighted by Gasteiger charge is 2.36. The fourth-order valence-corrected chi connectivity index (χ4v) is 5.17. The van der Waals surface area contributed by atoms with Crippen LogP contribution in [0.1, 0.15) is 188 Å². The van der Waals surface area contributed by atoms with E-state index in [2.05, 4.69) is 27.7 Å². The molecule has 0 fully saturated rings. The number of hydrogen-bond donors (Lipinski definition) is 2. The van der Waals surface area contributed by atoms with Crippen molar-refractivity contribution in [3.63, 3.8) is 0 Å². The summed E-state index contributed by atoms with van der Waals surface area (Å²) in [6.45, 7) is 9.64. The molecule has 0 atom stereocenters. The number of carbonyl (C=O) groups is 4. The molecule has 0 aromatic heterocycles. The Hall–Kier alpha value is -2.12. The molecule has 0 heterocycles. The van der Waals surface area contributed by atoms with Gasteiger partial charge in [0.15, 0.2) is 0 Å². The number of carboxylic acids is 2. The van der Waals surface area contributed by atoms with Gasteiger partial charge in [0.2, 0.25) is 0 Å². The summed E-state index contributed by atoms with van der Waals surface area (Å²) in [7, 11) is 0. The van der Waals surface area contributed by atoms with Gasteiger partial charge in [0.25, 0.3) is 0 Å². The van der Waals surface area contributed by atoms with E-state index in [1.54, 1.807) is 0 Å². The average Bonchev–Trinajstić information content (AvgIpc) is 2.99. The van der Waals surface area contributed by atoms with E-state index < -0.39 is 17.4 Å². The Kier molecular flexibility index (Phi) is 32.3.